The van der Waals surface area contributed by atoms with Crippen LogP contribution < -0.4 is 0 Å². The zero-order valence-electron chi connectivity index (χ0n) is 7.56. The number of fused-ring (bicyclic) bond motifs is 1. The molecule has 70 valence electrons. The van der Waals surface area contributed by atoms with Crippen LogP contribution in [0.25, 0.3) is 11.0 Å². The monoisotopic (exact) mass is 188 g/mol. The Morgan fingerprint density at radius 3 is 2.86 bits per heavy atom. The van der Waals surface area contributed by atoms with Crippen molar-refractivity contribution in [3.8, 4) is 0 Å². The van der Waals surface area contributed by atoms with E-state index in [1.165, 1.54) is 12.1 Å². The number of aromatic carboxylic acids is 1. The molecular weight excluding hydrogens is 180 g/mol. The number of hydrogen-bond donors (Lipinski definition) is 1. The Balaban J connectivity index is 2.67. The van der Waals surface area contributed by atoms with Crippen molar-refractivity contribution in [1.82, 2.24) is 9.97 Å². The minimum atomic E-state index is -0.950. The largest absolute Gasteiger partial charge is 0.478 e. The maximum absolute atomic E-state index is 10.7. The van der Waals surface area contributed by atoms with Crippen LogP contribution in [0.3, 0.4) is 0 Å². The maximum Gasteiger partial charge on any atom is 0.335 e. The van der Waals surface area contributed by atoms with Crippen molar-refractivity contribution in [2.45, 2.75) is 6.92 Å². The predicted octanol–water partition coefficient (Wildman–Crippen LogP) is 1.64. The topological polar surface area (TPSA) is 63.1 Å². The van der Waals surface area contributed by atoms with Gasteiger partial charge < -0.3 is 5.11 Å². The van der Waals surface area contributed by atoms with Gasteiger partial charge in [0.15, 0.2) is 0 Å². The minimum absolute atomic E-state index is 0.232. The fraction of sp³-hybridized carbons (Fsp3) is 0.100. The molecule has 0 bridgehead atoms. The second-order valence-electron chi connectivity index (χ2n) is 3.02. The quantitative estimate of drug-likeness (QED) is 0.738. The molecule has 0 saturated heterocycles. The molecule has 1 aromatic carbocycles. The lowest BCUT2D eigenvalue weighted by molar-refractivity contribution is 0.0697. The first kappa shape index (κ1) is 8.62. The van der Waals surface area contributed by atoms with Crippen LogP contribution in [0.1, 0.15) is 16.1 Å². The minimum Gasteiger partial charge on any atom is -0.478 e. The third-order valence-corrected chi connectivity index (χ3v) is 1.91. The van der Waals surface area contributed by atoms with Gasteiger partial charge in [-0.05, 0) is 25.1 Å². The van der Waals surface area contributed by atoms with E-state index in [4.69, 9.17) is 5.11 Å². The Hall–Kier alpha value is -1.97. The van der Waals surface area contributed by atoms with E-state index in [9.17, 15) is 4.79 Å². The summed E-state index contributed by atoms with van der Waals surface area (Å²) in [6, 6.07) is 4.71. The van der Waals surface area contributed by atoms with Crippen LogP contribution in [0.15, 0.2) is 24.4 Å². The maximum atomic E-state index is 10.7. The summed E-state index contributed by atoms with van der Waals surface area (Å²) in [5.41, 5.74) is 2.38. The van der Waals surface area contributed by atoms with Crippen LogP contribution in [0.2, 0.25) is 0 Å². The first-order valence-electron chi connectivity index (χ1n) is 4.13. The molecule has 0 fully saturated rings. The average Bonchev–Trinajstić information content (AvgIpc) is 2.16. The molecule has 0 saturated carbocycles. The summed E-state index contributed by atoms with van der Waals surface area (Å²) in [6.07, 6.45) is 1.62. The van der Waals surface area contributed by atoms with Gasteiger partial charge in [0, 0.05) is 6.20 Å². The summed E-state index contributed by atoms with van der Waals surface area (Å²) in [5.74, 6) is -0.950. The van der Waals surface area contributed by atoms with Crippen LogP contribution in [0.4, 0.5) is 0 Å². The molecular formula is C10H8N2O2. The Morgan fingerprint density at radius 1 is 1.36 bits per heavy atom. The van der Waals surface area contributed by atoms with Gasteiger partial charge in [0.05, 0.1) is 22.3 Å². The molecule has 0 unspecified atom stereocenters. The third kappa shape index (κ3) is 1.42. The van der Waals surface area contributed by atoms with Crippen molar-refractivity contribution in [3.05, 3.63) is 35.7 Å². The van der Waals surface area contributed by atoms with Crippen molar-refractivity contribution in [2.75, 3.05) is 0 Å². The molecule has 0 spiro atoms. The number of aromatic nitrogens is 2. The number of aryl methyl sites for hydroxylation is 1. The van der Waals surface area contributed by atoms with Gasteiger partial charge in [-0.3, -0.25) is 4.98 Å². The fourth-order valence-electron chi connectivity index (χ4n) is 1.24. The van der Waals surface area contributed by atoms with Crippen LogP contribution in [-0.4, -0.2) is 21.0 Å². The van der Waals surface area contributed by atoms with E-state index in [-0.39, 0.29) is 5.56 Å². The zero-order valence-corrected chi connectivity index (χ0v) is 7.56. The molecule has 4 heteroatoms. The van der Waals surface area contributed by atoms with E-state index in [1.54, 1.807) is 12.3 Å². The summed E-state index contributed by atoms with van der Waals surface area (Å²) < 4.78 is 0. The summed E-state index contributed by atoms with van der Waals surface area (Å²) in [5, 5.41) is 8.75. The van der Waals surface area contributed by atoms with Crippen molar-refractivity contribution < 1.29 is 9.90 Å². The average molecular weight is 188 g/mol. The molecule has 1 heterocycles. The molecule has 0 atom stereocenters. The van der Waals surface area contributed by atoms with Crippen molar-refractivity contribution in [3.63, 3.8) is 0 Å². The molecule has 0 amide bonds. The highest BCUT2D eigenvalue weighted by Crippen LogP contribution is 2.11. The van der Waals surface area contributed by atoms with E-state index in [2.05, 4.69) is 9.97 Å². The van der Waals surface area contributed by atoms with Crippen molar-refractivity contribution in [1.29, 1.82) is 0 Å². The van der Waals surface area contributed by atoms with E-state index < -0.39 is 5.97 Å². The Labute approximate surface area is 80.2 Å². The lowest BCUT2D eigenvalue weighted by Gasteiger charge is -1.99. The summed E-state index contributed by atoms with van der Waals surface area (Å²) >= 11 is 0. The number of hydrogen-bond acceptors (Lipinski definition) is 3. The van der Waals surface area contributed by atoms with Gasteiger partial charge in [-0.25, -0.2) is 9.78 Å². The lowest BCUT2D eigenvalue weighted by atomic mass is 10.2. The summed E-state index contributed by atoms with van der Waals surface area (Å²) in [4.78, 5) is 19.0. The number of carboxylic acid groups (broad SMARTS) is 1. The smallest absolute Gasteiger partial charge is 0.335 e. The van der Waals surface area contributed by atoms with Crippen molar-refractivity contribution in [2.24, 2.45) is 0 Å². The molecule has 14 heavy (non-hydrogen) atoms. The summed E-state index contributed by atoms with van der Waals surface area (Å²) in [7, 11) is 0. The van der Waals surface area contributed by atoms with Gasteiger partial charge in [-0.2, -0.15) is 0 Å². The van der Waals surface area contributed by atoms with Crippen LogP contribution in [0, 0.1) is 6.92 Å². The Kier molecular flexibility index (Phi) is 1.89. The second-order valence-corrected chi connectivity index (χ2v) is 3.02. The van der Waals surface area contributed by atoms with Crippen molar-refractivity contribution >= 4 is 17.0 Å². The van der Waals surface area contributed by atoms with Gasteiger partial charge in [-0.1, -0.05) is 0 Å². The molecule has 2 aromatic rings. The van der Waals surface area contributed by atoms with E-state index in [0.29, 0.717) is 5.52 Å². The summed E-state index contributed by atoms with van der Waals surface area (Å²) in [6.45, 7) is 1.84. The standard InChI is InChI=1S/C10H8N2O2/c1-6-5-11-9-4-7(10(13)14)2-3-8(9)12-6/h2-5H,1H3,(H,13,14). The molecule has 2 rings (SSSR count). The first-order chi connectivity index (χ1) is 6.66. The first-order valence-corrected chi connectivity index (χ1v) is 4.13. The number of nitrogens with zero attached hydrogens (tertiary/aromatic N) is 2. The van der Waals surface area contributed by atoms with E-state index in [1.807, 2.05) is 6.92 Å². The molecule has 0 aliphatic heterocycles. The number of rotatable bonds is 1. The number of benzene rings is 1. The third-order valence-electron chi connectivity index (χ3n) is 1.91. The highest BCUT2D eigenvalue weighted by molar-refractivity contribution is 5.92. The van der Waals surface area contributed by atoms with Gasteiger partial charge in [-0.15, -0.1) is 0 Å². The van der Waals surface area contributed by atoms with Gasteiger partial charge in [0.1, 0.15) is 0 Å². The predicted molar refractivity (Wildman–Crippen MR) is 51.2 cm³/mol. The normalized spacial score (nSPS) is 10.4. The van der Waals surface area contributed by atoms with E-state index in [0.717, 1.165) is 11.2 Å². The van der Waals surface area contributed by atoms with Crippen LogP contribution in [0.5, 0.6) is 0 Å². The Morgan fingerprint density at radius 2 is 2.14 bits per heavy atom. The van der Waals surface area contributed by atoms with Crippen LogP contribution >= 0.6 is 0 Å². The zero-order chi connectivity index (χ0) is 10.1. The molecule has 4 nitrogen and oxygen atoms in total. The van der Waals surface area contributed by atoms with Gasteiger partial charge in [0.2, 0.25) is 0 Å². The highest BCUT2D eigenvalue weighted by atomic mass is 16.4. The SMILES string of the molecule is Cc1cnc2cc(C(=O)O)ccc2n1. The molecule has 1 aromatic heterocycles. The molecule has 0 aliphatic carbocycles. The highest BCUT2D eigenvalue weighted by Gasteiger charge is 2.04. The molecule has 0 aliphatic rings. The Bertz CT molecular complexity index is 508. The molecule has 0 radical (unpaired) electrons. The second kappa shape index (κ2) is 3.06. The van der Waals surface area contributed by atoms with Gasteiger partial charge >= 0.3 is 5.97 Å². The van der Waals surface area contributed by atoms with Crippen LogP contribution in [-0.2, 0) is 0 Å². The number of carbonyl (C=O) groups is 1. The molecule has 1 N–H and O–H groups in total. The lowest BCUT2D eigenvalue weighted by Crippen LogP contribution is -1.96. The van der Waals surface area contributed by atoms with Gasteiger partial charge in [0.25, 0.3) is 0 Å². The fourth-order valence-corrected chi connectivity index (χ4v) is 1.24. The van der Waals surface area contributed by atoms with E-state index >= 15 is 0 Å². The number of carboxylic acids is 1.